The van der Waals surface area contributed by atoms with E-state index in [9.17, 15) is 9.90 Å². The second-order valence-corrected chi connectivity index (χ2v) is 7.13. The third-order valence-corrected chi connectivity index (χ3v) is 5.26. The fourth-order valence-corrected chi connectivity index (χ4v) is 3.49. The monoisotopic (exact) mass is 385 g/mol. The molecule has 0 aliphatic carbocycles. The van der Waals surface area contributed by atoms with Gasteiger partial charge in [0.25, 0.3) is 0 Å². The van der Waals surface area contributed by atoms with Crippen LogP contribution in [0.4, 0.5) is 0 Å². The number of imidazole rings is 1. The predicted molar refractivity (Wildman–Crippen MR) is 103 cm³/mol. The van der Waals surface area contributed by atoms with Crippen molar-refractivity contribution in [3.63, 3.8) is 0 Å². The number of halogens is 1. The predicted octanol–water partition coefficient (Wildman–Crippen LogP) is 3.62. The maximum absolute atomic E-state index is 12.6. The van der Waals surface area contributed by atoms with Crippen LogP contribution in [0, 0.1) is 6.92 Å². The zero-order valence-electron chi connectivity index (χ0n) is 15.0. The molecule has 2 aromatic heterocycles. The summed E-state index contributed by atoms with van der Waals surface area (Å²) in [4.78, 5) is 16.9. The zero-order valence-corrected chi connectivity index (χ0v) is 15.7. The van der Waals surface area contributed by atoms with E-state index in [1.54, 1.807) is 22.9 Å². The number of ether oxygens (including phenoxy) is 1. The van der Waals surface area contributed by atoms with E-state index in [0.29, 0.717) is 36.8 Å². The standard InChI is InChI=1S/C20H20ClN3O3/c1-13-10-14(5-7-16(13)21)12-27-15-6-8-18(22-11-15)24-19(25)17-4-2-3-9-23(17)20(24)26/h5-8,10-11,25H,2-4,9,12H2,1H3. The minimum Gasteiger partial charge on any atom is -0.493 e. The minimum absolute atomic E-state index is 0.0162. The van der Waals surface area contributed by atoms with Gasteiger partial charge in [-0.3, -0.25) is 4.57 Å². The van der Waals surface area contributed by atoms with Gasteiger partial charge in [-0.25, -0.2) is 14.3 Å². The van der Waals surface area contributed by atoms with Gasteiger partial charge in [-0.05, 0) is 55.5 Å². The van der Waals surface area contributed by atoms with Gasteiger partial charge in [0.1, 0.15) is 18.2 Å². The molecule has 0 unspecified atom stereocenters. The summed E-state index contributed by atoms with van der Waals surface area (Å²) >= 11 is 6.04. The number of aromatic nitrogens is 3. The summed E-state index contributed by atoms with van der Waals surface area (Å²) in [5.41, 5.74) is 2.44. The van der Waals surface area contributed by atoms with Crippen LogP contribution < -0.4 is 10.4 Å². The molecule has 3 aromatic rings. The van der Waals surface area contributed by atoms with Crippen molar-refractivity contribution in [3.05, 3.63) is 68.9 Å². The molecular weight excluding hydrogens is 366 g/mol. The molecule has 7 heteroatoms. The largest absolute Gasteiger partial charge is 0.493 e. The number of rotatable bonds is 4. The van der Waals surface area contributed by atoms with Crippen molar-refractivity contribution in [2.75, 3.05) is 0 Å². The summed E-state index contributed by atoms with van der Waals surface area (Å²) in [6.07, 6.45) is 4.18. The van der Waals surface area contributed by atoms with Crippen molar-refractivity contribution in [1.29, 1.82) is 0 Å². The summed E-state index contributed by atoms with van der Waals surface area (Å²) in [6.45, 7) is 2.98. The molecule has 0 saturated carbocycles. The number of benzene rings is 1. The zero-order chi connectivity index (χ0) is 19.0. The van der Waals surface area contributed by atoms with Crippen LogP contribution in [0.1, 0.15) is 29.7 Å². The summed E-state index contributed by atoms with van der Waals surface area (Å²) < 4.78 is 8.65. The third-order valence-electron chi connectivity index (χ3n) is 4.84. The summed E-state index contributed by atoms with van der Waals surface area (Å²) in [5, 5.41) is 11.2. The molecule has 3 heterocycles. The third kappa shape index (κ3) is 3.32. The van der Waals surface area contributed by atoms with Crippen molar-refractivity contribution >= 4 is 11.6 Å². The Hall–Kier alpha value is -2.73. The van der Waals surface area contributed by atoms with Gasteiger partial charge in [0.15, 0.2) is 0 Å². The van der Waals surface area contributed by atoms with Crippen molar-refractivity contribution in [1.82, 2.24) is 14.1 Å². The maximum Gasteiger partial charge on any atom is 0.337 e. The topological polar surface area (TPSA) is 69.3 Å². The molecule has 6 nitrogen and oxygen atoms in total. The molecule has 27 heavy (non-hydrogen) atoms. The van der Waals surface area contributed by atoms with Crippen molar-refractivity contribution < 1.29 is 9.84 Å². The number of hydrogen-bond acceptors (Lipinski definition) is 4. The van der Waals surface area contributed by atoms with Crippen LogP contribution in [-0.2, 0) is 19.6 Å². The molecule has 0 fully saturated rings. The highest BCUT2D eigenvalue weighted by atomic mass is 35.5. The fourth-order valence-electron chi connectivity index (χ4n) is 3.38. The molecule has 0 saturated heterocycles. The Morgan fingerprint density at radius 3 is 2.81 bits per heavy atom. The van der Waals surface area contributed by atoms with Gasteiger partial charge in [0, 0.05) is 11.6 Å². The lowest BCUT2D eigenvalue weighted by Gasteiger charge is -2.11. The first-order valence-corrected chi connectivity index (χ1v) is 9.30. The van der Waals surface area contributed by atoms with Gasteiger partial charge >= 0.3 is 5.69 Å². The highest BCUT2D eigenvalue weighted by Gasteiger charge is 2.23. The molecule has 1 aromatic carbocycles. The average Bonchev–Trinajstić information content (AvgIpc) is 2.94. The second-order valence-electron chi connectivity index (χ2n) is 6.72. The quantitative estimate of drug-likeness (QED) is 0.744. The second kappa shape index (κ2) is 7.12. The maximum atomic E-state index is 12.6. The smallest absolute Gasteiger partial charge is 0.337 e. The number of nitrogens with zero attached hydrogens (tertiary/aromatic N) is 3. The first-order valence-electron chi connectivity index (χ1n) is 8.92. The number of aromatic hydroxyl groups is 1. The Balaban J connectivity index is 1.53. The van der Waals surface area contributed by atoms with Gasteiger partial charge in [-0.15, -0.1) is 0 Å². The molecule has 0 atom stereocenters. The van der Waals surface area contributed by atoms with E-state index < -0.39 is 0 Å². The molecule has 1 aliphatic heterocycles. The lowest BCUT2D eigenvalue weighted by Crippen LogP contribution is -2.26. The van der Waals surface area contributed by atoms with Crippen molar-refractivity contribution in [2.45, 2.75) is 39.3 Å². The van der Waals surface area contributed by atoms with Gasteiger partial charge in [-0.2, -0.15) is 0 Å². The van der Waals surface area contributed by atoms with Crippen molar-refractivity contribution in [3.8, 4) is 17.4 Å². The Morgan fingerprint density at radius 2 is 2.11 bits per heavy atom. The Labute approximate surface area is 161 Å². The Bertz CT molecular complexity index is 1040. The van der Waals surface area contributed by atoms with Crippen LogP contribution in [-0.4, -0.2) is 19.2 Å². The number of pyridine rings is 1. The minimum atomic E-state index is -0.250. The van der Waals surface area contributed by atoms with Crippen LogP contribution in [0.2, 0.25) is 5.02 Å². The van der Waals surface area contributed by atoms with E-state index in [4.69, 9.17) is 16.3 Å². The van der Waals surface area contributed by atoms with E-state index >= 15 is 0 Å². The normalized spacial score (nSPS) is 13.4. The molecule has 0 spiro atoms. The van der Waals surface area contributed by atoms with Crippen LogP contribution in [0.25, 0.3) is 5.82 Å². The summed E-state index contributed by atoms with van der Waals surface area (Å²) in [7, 11) is 0. The highest BCUT2D eigenvalue weighted by molar-refractivity contribution is 6.31. The summed E-state index contributed by atoms with van der Waals surface area (Å²) in [6, 6.07) is 9.16. The van der Waals surface area contributed by atoms with E-state index in [0.717, 1.165) is 29.0 Å². The lowest BCUT2D eigenvalue weighted by molar-refractivity contribution is 0.305. The highest BCUT2D eigenvalue weighted by Crippen LogP contribution is 2.25. The molecule has 1 aliphatic rings. The Morgan fingerprint density at radius 1 is 1.26 bits per heavy atom. The van der Waals surface area contributed by atoms with Crippen LogP contribution >= 0.6 is 11.6 Å². The van der Waals surface area contributed by atoms with Crippen LogP contribution in [0.15, 0.2) is 41.3 Å². The van der Waals surface area contributed by atoms with Crippen LogP contribution in [0.3, 0.4) is 0 Å². The summed E-state index contributed by atoms with van der Waals surface area (Å²) in [5.74, 6) is 0.953. The first-order chi connectivity index (χ1) is 13.0. The molecule has 1 N–H and O–H groups in total. The number of hydrogen-bond donors (Lipinski definition) is 1. The number of aryl methyl sites for hydroxylation is 1. The van der Waals surface area contributed by atoms with Gasteiger partial charge < -0.3 is 9.84 Å². The molecule has 0 amide bonds. The molecule has 0 bridgehead atoms. The SMILES string of the molecule is Cc1cc(COc2ccc(-n3c(O)c4n(c3=O)CCCC4)nc2)ccc1Cl. The molecule has 140 valence electrons. The average molecular weight is 386 g/mol. The van der Waals surface area contributed by atoms with E-state index in [-0.39, 0.29) is 11.6 Å². The molecular formula is C20H20ClN3O3. The molecule has 0 radical (unpaired) electrons. The first kappa shape index (κ1) is 17.7. The van der Waals surface area contributed by atoms with E-state index in [2.05, 4.69) is 4.98 Å². The number of fused-ring (bicyclic) bond motifs is 1. The fraction of sp³-hybridized carbons (Fsp3) is 0.300. The Kier molecular flexibility index (Phi) is 4.66. The van der Waals surface area contributed by atoms with Gasteiger partial charge in [0.2, 0.25) is 5.88 Å². The molecule has 4 rings (SSSR count). The lowest BCUT2D eigenvalue weighted by atomic mass is 10.1. The van der Waals surface area contributed by atoms with Gasteiger partial charge in [-0.1, -0.05) is 23.7 Å². The van der Waals surface area contributed by atoms with Crippen molar-refractivity contribution in [2.24, 2.45) is 0 Å². The van der Waals surface area contributed by atoms with Crippen LogP contribution in [0.5, 0.6) is 11.6 Å². The van der Waals surface area contributed by atoms with E-state index in [1.807, 2.05) is 25.1 Å². The van der Waals surface area contributed by atoms with E-state index in [1.165, 1.54) is 4.57 Å². The van der Waals surface area contributed by atoms with Gasteiger partial charge in [0.05, 0.1) is 11.9 Å².